The lowest BCUT2D eigenvalue weighted by atomic mass is 9.69. The fourth-order valence-electron chi connectivity index (χ4n) is 3.22. The van der Waals surface area contributed by atoms with E-state index >= 15 is 0 Å². The van der Waals surface area contributed by atoms with Crippen molar-refractivity contribution in [3.05, 3.63) is 62.8 Å². The van der Waals surface area contributed by atoms with Crippen LogP contribution in [0.2, 0.25) is 5.02 Å². The Morgan fingerprint density at radius 1 is 1.32 bits per heavy atom. The van der Waals surface area contributed by atoms with Gasteiger partial charge < -0.3 is 10.4 Å². The predicted octanol–water partition coefficient (Wildman–Crippen LogP) is 4.34. The van der Waals surface area contributed by atoms with E-state index in [1.54, 1.807) is 11.4 Å². The lowest BCUT2D eigenvalue weighted by molar-refractivity contribution is -0.282. The normalized spacial score (nSPS) is 25.2. The highest BCUT2D eigenvalue weighted by Crippen LogP contribution is 2.49. The number of benzene rings is 1. The van der Waals surface area contributed by atoms with Crippen LogP contribution in [-0.4, -0.2) is 33.6 Å². The summed E-state index contributed by atoms with van der Waals surface area (Å²) in [6.07, 6.45) is -5.23. The van der Waals surface area contributed by atoms with Crippen LogP contribution >= 0.6 is 35.2 Å². The molecule has 3 rings (SSSR count). The van der Waals surface area contributed by atoms with Crippen LogP contribution < -0.4 is 5.32 Å². The standard InChI is InChI=1S/C18H12ClF3N2O2S2/c19-11-5-2-1-4-9(11)13-10(8-23)16(27)24-17(26,18(20,21)22)14(13)15(25)12-6-3-7-28-12/h1-7,13-14,23,26H,(H,24,27)/t13-,14-,17-/m0/s1. The smallest absolute Gasteiger partial charge is 0.363 e. The number of rotatable bonds is 3. The van der Waals surface area contributed by atoms with Crippen molar-refractivity contribution in [3.8, 4) is 0 Å². The van der Waals surface area contributed by atoms with Gasteiger partial charge in [0.25, 0.3) is 0 Å². The van der Waals surface area contributed by atoms with Gasteiger partial charge in [-0.05, 0) is 28.9 Å². The van der Waals surface area contributed by atoms with E-state index in [2.05, 4.69) is 0 Å². The molecule has 1 aromatic carbocycles. The number of thiophene rings is 1. The van der Waals surface area contributed by atoms with E-state index in [1.807, 2.05) is 11.2 Å². The quantitative estimate of drug-likeness (QED) is 0.285. The highest BCUT2D eigenvalue weighted by molar-refractivity contribution is 7.80. The molecular formula is C18H12ClF3N2O2S2. The van der Waals surface area contributed by atoms with Gasteiger partial charge >= 0.3 is 6.18 Å². The van der Waals surface area contributed by atoms with Crippen molar-refractivity contribution < 1.29 is 23.1 Å². The molecule has 28 heavy (non-hydrogen) atoms. The van der Waals surface area contributed by atoms with Crippen LogP contribution in [0.4, 0.5) is 13.2 Å². The van der Waals surface area contributed by atoms with Crippen LogP contribution in [0.3, 0.4) is 0 Å². The van der Waals surface area contributed by atoms with E-state index in [1.165, 1.54) is 30.3 Å². The summed E-state index contributed by atoms with van der Waals surface area (Å²) >= 11 is 12.1. The maximum Gasteiger partial charge on any atom is 0.437 e. The Kier molecular flexibility index (Phi) is 5.49. The van der Waals surface area contributed by atoms with Gasteiger partial charge in [0.05, 0.1) is 16.4 Å². The van der Waals surface area contributed by atoms with Gasteiger partial charge in [-0.15, -0.1) is 11.3 Å². The molecule has 1 aliphatic rings. The molecule has 1 saturated heterocycles. The molecule has 0 saturated carbocycles. The molecule has 4 nitrogen and oxygen atoms in total. The molecular weight excluding hydrogens is 433 g/mol. The fraction of sp³-hybridized carbons (Fsp3) is 0.222. The van der Waals surface area contributed by atoms with Gasteiger partial charge in [-0.2, -0.15) is 13.2 Å². The number of nitrogens with one attached hydrogen (secondary N) is 2. The molecule has 0 amide bonds. The van der Waals surface area contributed by atoms with Crippen molar-refractivity contribution in [2.24, 2.45) is 5.92 Å². The summed E-state index contributed by atoms with van der Waals surface area (Å²) in [5.74, 6) is -2.40. The van der Waals surface area contributed by atoms with Gasteiger partial charge in [-0.3, -0.25) is 10.2 Å². The van der Waals surface area contributed by atoms with Crippen molar-refractivity contribution in [3.63, 3.8) is 0 Å². The van der Waals surface area contributed by atoms with Gasteiger partial charge in [0.2, 0.25) is 5.72 Å². The molecule has 3 atom stereocenters. The number of halogens is 4. The van der Waals surface area contributed by atoms with Crippen molar-refractivity contribution in [1.82, 2.24) is 5.32 Å². The largest absolute Gasteiger partial charge is 0.437 e. The topological polar surface area (TPSA) is 73.2 Å². The summed E-state index contributed by atoms with van der Waals surface area (Å²) in [6.45, 7) is 0. The molecule has 2 aromatic rings. The molecule has 0 spiro atoms. The first-order valence-electron chi connectivity index (χ1n) is 7.85. The minimum Gasteiger partial charge on any atom is -0.363 e. The number of hydrogen-bond acceptors (Lipinski definition) is 5. The van der Waals surface area contributed by atoms with E-state index in [9.17, 15) is 23.1 Å². The molecule has 0 aliphatic carbocycles. The van der Waals surface area contributed by atoms with Crippen LogP contribution in [0.15, 0.2) is 47.4 Å². The Hall–Kier alpha value is -2.03. The van der Waals surface area contributed by atoms with E-state index in [-0.39, 0.29) is 21.0 Å². The van der Waals surface area contributed by atoms with Crippen LogP contribution in [0.1, 0.15) is 21.2 Å². The Morgan fingerprint density at radius 2 is 2.00 bits per heavy atom. The molecule has 0 unspecified atom stereocenters. The summed E-state index contributed by atoms with van der Waals surface area (Å²) < 4.78 is 41.8. The summed E-state index contributed by atoms with van der Waals surface area (Å²) in [7, 11) is 0. The highest BCUT2D eigenvalue weighted by atomic mass is 35.5. The van der Waals surface area contributed by atoms with Crippen molar-refractivity contribution in [1.29, 1.82) is 5.41 Å². The zero-order valence-corrected chi connectivity index (χ0v) is 16.3. The average Bonchev–Trinajstić information content (AvgIpc) is 3.15. The second kappa shape index (κ2) is 7.42. The molecule has 10 heteroatoms. The zero-order valence-electron chi connectivity index (χ0n) is 13.9. The number of thiocarbonyl (C=S) groups is 1. The third-order valence-electron chi connectivity index (χ3n) is 4.50. The second-order valence-corrected chi connectivity index (χ2v) is 7.84. The Balaban J connectivity index is 2.32. The molecule has 1 aromatic heterocycles. The number of aliphatic hydroxyl groups is 1. The maximum atomic E-state index is 13.9. The third-order valence-corrected chi connectivity index (χ3v) is 6.05. The Morgan fingerprint density at radius 3 is 2.54 bits per heavy atom. The summed E-state index contributed by atoms with van der Waals surface area (Å²) in [5.41, 5.74) is -3.66. The molecule has 1 aliphatic heterocycles. The van der Waals surface area contributed by atoms with Crippen molar-refractivity contribution >= 4 is 51.8 Å². The third kappa shape index (κ3) is 3.29. The van der Waals surface area contributed by atoms with Crippen LogP contribution in [-0.2, 0) is 0 Å². The first-order valence-corrected chi connectivity index (χ1v) is 9.51. The molecule has 1 fully saturated rings. The summed E-state index contributed by atoms with van der Waals surface area (Å²) in [6, 6.07) is 8.88. The minimum atomic E-state index is -5.23. The monoisotopic (exact) mass is 444 g/mol. The van der Waals surface area contributed by atoms with Crippen LogP contribution in [0.5, 0.6) is 0 Å². The fourth-order valence-corrected chi connectivity index (χ4v) is 4.52. The Bertz CT molecular complexity index is 987. The lowest BCUT2D eigenvalue weighted by Gasteiger charge is -2.46. The van der Waals surface area contributed by atoms with E-state index in [4.69, 9.17) is 29.2 Å². The molecule has 0 bridgehead atoms. The SMILES string of the molecule is N=C=C1C(=S)N[C@@](O)(C(F)(F)F)[C@H](C(=O)c2cccs2)[C@H]1c1ccccc1Cl. The summed E-state index contributed by atoms with van der Waals surface area (Å²) in [5, 5.41) is 21.6. The van der Waals surface area contributed by atoms with Crippen LogP contribution in [0, 0.1) is 11.3 Å². The number of carbonyl (C=O) groups excluding carboxylic acids is 1. The van der Waals surface area contributed by atoms with E-state index in [0.29, 0.717) is 0 Å². The second-order valence-electron chi connectivity index (χ2n) is 6.08. The summed E-state index contributed by atoms with van der Waals surface area (Å²) in [4.78, 5) is 12.6. The number of piperidine rings is 1. The number of Topliss-reactive ketones (excluding diaryl/α,β-unsaturated/α-hetero) is 1. The number of alkyl halides is 3. The van der Waals surface area contributed by atoms with Gasteiger partial charge in [-0.1, -0.05) is 48.1 Å². The zero-order chi connectivity index (χ0) is 20.7. The maximum absolute atomic E-state index is 13.9. The highest BCUT2D eigenvalue weighted by Gasteiger charge is 2.66. The molecule has 146 valence electrons. The molecule has 2 heterocycles. The first kappa shape index (κ1) is 20.7. The number of ketones is 1. The van der Waals surface area contributed by atoms with Gasteiger partial charge in [0.15, 0.2) is 5.78 Å². The average molecular weight is 445 g/mol. The van der Waals surface area contributed by atoms with Crippen LogP contribution in [0.25, 0.3) is 0 Å². The van der Waals surface area contributed by atoms with Gasteiger partial charge in [0.1, 0.15) is 4.99 Å². The first-order chi connectivity index (χ1) is 13.1. The molecule has 3 N–H and O–H groups in total. The van der Waals surface area contributed by atoms with E-state index < -0.39 is 34.5 Å². The van der Waals surface area contributed by atoms with Gasteiger partial charge in [-0.25, -0.2) is 0 Å². The van der Waals surface area contributed by atoms with Gasteiger partial charge in [0, 0.05) is 10.9 Å². The Labute approximate surface area is 172 Å². The lowest BCUT2D eigenvalue weighted by Crippen LogP contribution is -2.69. The van der Waals surface area contributed by atoms with E-state index in [0.717, 1.165) is 11.3 Å². The predicted molar refractivity (Wildman–Crippen MR) is 104 cm³/mol. The number of hydrogen-bond donors (Lipinski definition) is 3. The molecule has 0 radical (unpaired) electrons. The van der Waals surface area contributed by atoms with Crippen molar-refractivity contribution in [2.75, 3.05) is 0 Å². The van der Waals surface area contributed by atoms with Crippen molar-refractivity contribution in [2.45, 2.75) is 17.8 Å². The number of carbonyl (C=O) groups is 1. The minimum absolute atomic E-state index is 0.0312.